The van der Waals surface area contributed by atoms with Gasteiger partial charge in [-0.25, -0.2) is 12.8 Å². The van der Waals surface area contributed by atoms with Gasteiger partial charge < -0.3 is 4.74 Å². The number of rotatable bonds is 5. The summed E-state index contributed by atoms with van der Waals surface area (Å²) in [6.45, 7) is 0.945. The van der Waals surface area contributed by atoms with Gasteiger partial charge in [0, 0.05) is 13.1 Å². The molecule has 3 rings (SSSR count). The molecule has 6 heteroatoms. The summed E-state index contributed by atoms with van der Waals surface area (Å²) >= 11 is 0. The van der Waals surface area contributed by atoms with E-state index in [1.54, 1.807) is 0 Å². The molecule has 2 aromatic rings. The van der Waals surface area contributed by atoms with E-state index in [0.717, 1.165) is 18.9 Å². The van der Waals surface area contributed by atoms with Crippen molar-refractivity contribution in [3.63, 3.8) is 0 Å². The van der Waals surface area contributed by atoms with Gasteiger partial charge in [-0.05, 0) is 36.6 Å². The first-order chi connectivity index (χ1) is 11.6. The highest BCUT2D eigenvalue weighted by Gasteiger charge is 2.30. The van der Waals surface area contributed by atoms with Crippen LogP contribution < -0.4 is 0 Å². The van der Waals surface area contributed by atoms with Gasteiger partial charge in [-0.3, -0.25) is 0 Å². The monoisotopic (exact) mass is 349 g/mol. The van der Waals surface area contributed by atoms with Crippen LogP contribution in [0.3, 0.4) is 0 Å². The predicted octanol–water partition coefficient (Wildman–Crippen LogP) is 2.85. The molecule has 0 spiro atoms. The van der Waals surface area contributed by atoms with E-state index < -0.39 is 15.8 Å². The minimum absolute atomic E-state index is 0.00814. The maximum absolute atomic E-state index is 13.3. The van der Waals surface area contributed by atoms with Gasteiger partial charge in [0.2, 0.25) is 10.0 Å². The van der Waals surface area contributed by atoms with Gasteiger partial charge in [-0.2, -0.15) is 4.31 Å². The van der Waals surface area contributed by atoms with Crippen LogP contribution in [0.15, 0.2) is 59.5 Å². The first-order valence-electron chi connectivity index (χ1n) is 7.97. The van der Waals surface area contributed by atoms with Crippen LogP contribution in [-0.4, -0.2) is 38.5 Å². The minimum atomic E-state index is -3.69. The van der Waals surface area contributed by atoms with Gasteiger partial charge >= 0.3 is 0 Å². The molecule has 0 amide bonds. The lowest BCUT2D eigenvalue weighted by Crippen LogP contribution is -2.45. The molecule has 1 aliphatic heterocycles. The third kappa shape index (κ3) is 4.01. The largest absolute Gasteiger partial charge is 0.375 e. The van der Waals surface area contributed by atoms with Crippen LogP contribution >= 0.6 is 0 Å². The van der Waals surface area contributed by atoms with Gasteiger partial charge in [0.25, 0.3) is 0 Å². The zero-order valence-corrected chi connectivity index (χ0v) is 14.1. The SMILES string of the molecule is O=S(=O)(c1cccc(F)c1)N1CCOC(CCc2ccccc2)C1. The van der Waals surface area contributed by atoms with Crippen molar-refractivity contribution in [1.82, 2.24) is 4.31 Å². The van der Waals surface area contributed by atoms with Crippen LogP contribution in [0.4, 0.5) is 4.39 Å². The number of aryl methyl sites for hydroxylation is 1. The molecule has 1 saturated heterocycles. The van der Waals surface area contributed by atoms with E-state index in [4.69, 9.17) is 4.74 Å². The van der Waals surface area contributed by atoms with Crippen LogP contribution in [0, 0.1) is 5.82 Å². The van der Waals surface area contributed by atoms with Gasteiger partial charge in [0.15, 0.2) is 0 Å². The molecule has 1 fully saturated rings. The highest BCUT2D eigenvalue weighted by Crippen LogP contribution is 2.21. The fraction of sp³-hybridized carbons (Fsp3) is 0.333. The number of hydrogen-bond acceptors (Lipinski definition) is 3. The van der Waals surface area contributed by atoms with Crippen LogP contribution in [-0.2, 0) is 21.2 Å². The molecule has 24 heavy (non-hydrogen) atoms. The second kappa shape index (κ2) is 7.42. The summed E-state index contributed by atoms with van der Waals surface area (Å²) in [4.78, 5) is -0.00814. The molecule has 2 aromatic carbocycles. The van der Waals surface area contributed by atoms with Crippen LogP contribution in [0.25, 0.3) is 0 Å². The average molecular weight is 349 g/mol. The van der Waals surface area contributed by atoms with Crippen molar-refractivity contribution in [2.24, 2.45) is 0 Å². The van der Waals surface area contributed by atoms with Gasteiger partial charge in [0.05, 0.1) is 17.6 Å². The Morgan fingerprint density at radius 1 is 1.12 bits per heavy atom. The Balaban J connectivity index is 1.66. The Labute approximate surface area is 141 Å². The van der Waals surface area contributed by atoms with Crippen molar-refractivity contribution in [3.8, 4) is 0 Å². The zero-order chi connectivity index (χ0) is 17.0. The van der Waals surface area contributed by atoms with E-state index >= 15 is 0 Å². The summed E-state index contributed by atoms with van der Waals surface area (Å²) in [5.41, 5.74) is 1.20. The summed E-state index contributed by atoms with van der Waals surface area (Å²) in [6.07, 6.45) is 1.43. The molecule has 0 bridgehead atoms. The normalized spacial score (nSPS) is 19.3. The third-order valence-corrected chi connectivity index (χ3v) is 5.99. The van der Waals surface area contributed by atoms with Crippen molar-refractivity contribution in [3.05, 3.63) is 66.0 Å². The van der Waals surface area contributed by atoms with Crippen molar-refractivity contribution in [1.29, 1.82) is 0 Å². The molecule has 1 heterocycles. The molecule has 0 radical (unpaired) electrons. The second-order valence-corrected chi connectivity index (χ2v) is 7.78. The fourth-order valence-electron chi connectivity index (χ4n) is 2.83. The van der Waals surface area contributed by atoms with Crippen molar-refractivity contribution in [2.45, 2.75) is 23.8 Å². The summed E-state index contributed by atoms with van der Waals surface area (Å²) in [7, 11) is -3.69. The van der Waals surface area contributed by atoms with Gasteiger partial charge in [-0.15, -0.1) is 0 Å². The summed E-state index contributed by atoms with van der Waals surface area (Å²) in [5, 5.41) is 0. The number of halogens is 1. The highest BCUT2D eigenvalue weighted by molar-refractivity contribution is 7.89. The molecule has 1 atom stereocenters. The second-order valence-electron chi connectivity index (χ2n) is 5.84. The highest BCUT2D eigenvalue weighted by atomic mass is 32.2. The van der Waals surface area contributed by atoms with Gasteiger partial charge in [0.1, 0.15) is 5.82 Å². The maximum Gasteiger partial charge on any atom is 0.243 e. The van der Waals surface area contributed by atoms with Crippen LogP contribution in [0.5, 0.6) is 0 Å². The van der Waals surface area contributed by atoms with Crippen molar-refractivity contribution >= 4 is 10.0 Å². The number of ether oxygens (including phenoxy) is 1. The molecular formula is C18H20FNO3S. The summed E-state index contributed by atoms with van der Waals surface area (Å²) < 4.78 is 45.8. The smallest absolute Gasteiger partial charge is 0.243 e. The molecule has 0 aromatic heterocycles. The number of benzene rings is 2. The van der Waals surface area contributed by atoms with Crippen molar-refractivity contribution in [2.75, 3.05) is 19.7 Å². The predicted molar refractivity (Wildman–Crippen MR) is 89.7 cm³/mol. The first-order valence-corrected chi connectivity index (χ1v) is 9.41. The van der Waals surface area contributed by atoms with Crippen LogP contribution in [0.1, 0.15) is 12.0 Å². The van der Waals surface area contributed by atoms with Crippen LogP contribution in [0.2, 0.25) is 0 Å². The van der Waals surface area contributed by atoms with E-state index in [1.165, 1.54) is 28.1 Å². The van der Waals surface area contributed by atoms with E-state index in [0.29, 0.717) is 19.7 Å². The lowest BCUT2D eigenvalue weighted by Gasteiger charge is -2.32. The molecule has 4 nitrogen and oxygen atoms in total. The molecule has 128 valence electrons. The molecule has 0 aliphatic carbocycles. The standard InChI is InChI=1S/C18H20FNO3S/c19-16-7-4-8-18(13-16)24(21,22)20-11-12-23-17(14-20)10-9-15-5-2-1-3-6-15/h1-8,13,17H,9-12,14H2. The van der Waals surface area contributed by atoms with E-state index in [1.807, 2.05) is 30.3 Å². The van der Waals surface area contributed by atoms with E-state index in [9.17, 15) is 12.8 Å². The summed E-state index contributed by atoms with van der Waals surface area (Å²) in [6, 6.07) is 15.2. The Morgan fingerprint density at radius 2 is 1.92 bits per heavy atom. The quantitative estimate of drug-likeness (QED) is 0.834. The average Bonchev–Trinajstić information content (AvgIpc) is 2.61. The third-order valence-electron chi connectivity index (χ3n) is 4.13. The van der Waals surface area contributed by atoms with E-state index in [-0.39, 0.29) is 11.0 Å². The maximum atomic E-state index is 13.3. The topological polar surface area (TPSA) is 46.6 Å². The Hall–Kier alpha value is -1.76. The molecular weight excluding hydrogens is 329 g/mol. The Kier molecular flexibility index (Phi) is 5.28. The molecule has 1 aliphatic rings. The van der Waals surface area contributed by atoms with E-state index in [2.05, 4.69) is 0 Å². The number of sulfonamides is 1. The van der Waals surface area contributed by atoms with Gasteiger partial charge in [-0.1, -0.05) is 36.4 Å². The Bertz CT molecular complexity index is 780. The minimum Gasteiger partial charge on any atom is -0.375 e. The molecule has 0 saturated carbocycles. The number of hydrogen-bond donors (Lipinski definition) is 0. The number of nitrogens with zero attached hydrogens (tertiary/aromatic N) is 1. The Morgan fingerprint density at radius 3 is 2.67 bits per heavy atom. The lowest BCUT2D eigenvalue weighted by atomic mass is 10.1. The number of morpholine rings is 1. The molecule has 0 N–H and O–H groups in total. The fourth-order valence-corrected chi connectivity index (χ4v) is 4.32. The van der Waals surface area contributed by atoms with Crippen molar-refractivity contribution < 1.29 is 17.5 Å². The lowest BCUT2D eigenvalue weighted by molar-refractivity contribution is -0.00526. The zero-order valence-electron chi connectivity index (χ0n) is 13.3. The summed E-state index contributed by atoms with van der Waals surface area (Å²) in [5.74, 6) is -0.551. The molecule has 1 unspecified atom stereocenters. The first kappa shape index (κ1) is 17.1.